The van der Waals surface area contributed by atoms with E-state index in [-0.39, 0.29) is 0 Å². The standard InChI is InChI=1S/C13H16N2S/c1-3-14-9-12-15-13(10(2)16-12)11-7-5-4-6-8-11/h4-8,14H,3,9H2,1-2H3. The van der Waals surface area contributed by atoms with Gasteiger partial charge in [0.15, 0.2) is 0 Å². The Hall–Kier alpha value is -1.19. The highest BCUT2D eigenvalue weighted by Crippen LogP contribution is 2.27. The normalized spacial score (nSPS) is 10.6. The molecule has 0 fully saturated rings. The molecule has 0 spiro atoms. The summed E-state index contributed by atoms with van der Waals surface area (Å²) in [5.74, 6) is 0. The Morgan fingerprint density at radius 2 is 2.00 bits per heavy atom. The first-order chi connectivity index (χ1) is 7.81. The molecule has 0 aliphatic carbocycles. The number of nitrogens with zero attached hydrogens (tertiary/aromatic N) is 1. The number of aryl methyl sites for hydroxylation is 1. The lowest BCUT2D eigenvalue weighted by Crippen LogP contribution is -2.11. The molecule has 1 N–H and O–H groups in total. The van der Waals surface area contributed by atoms with Crippen molar-refractivity contribution in [2.75, 3.05) is 6.54 Å². The lowest BCUT2D eigenvalue weighted by Gasteiger charge is -1.97. The van der Waals surface area contributed by atoms with Crippen LogP contribution in [-0.4, -0.2) is 11.5 Å². The number of hydrogen-bond acceptors (Lipinski definition) is 3. The molecule has 0 radical (unpaired) electrons. The molecule has 0 aliphatic heterocycles. The van der Waals surface area contributed by atoms with Crippen molar-refractivity contribution in [1.29, 1.82) is 0 Å². The lowest BCUT2D eigenvalue weighted by molar-refractivity contribution is 0.723. The molecule has 0 unspecified atom stereocenters. The van der Waals surface area contributed by atoms with Crippen LogP contribution in [0.1, 0.15) is 16.8 Å². The first-order valence-electron chi connectivity index (χ1n) is 5.53. The molecule has 0 saturated carbocycles. The molecule has 0 bridgehead atoms. The highest BCUT2D eigenvalue weighted by molar-refractivity contribution is 7.12. The molecule has 2 aromatic rings. The summed E-state index contributed by atoms with van der Waals surface area (Å²) < 4.78 is 0. The first-order valence-corrected chi connectivity index (χ1v) is 6.35. The van der Waals surface area contributed by atoms with Gasteiger partial charge in [0.1, 0.15) is 5.01 Å². The summed E-state index contributed by atoms with van der Waals surface area (Å²) in [4.78, 5) is 5.96. The summed E-state index contributed by atoms with van der Waals surface area (Å²) in [6.07, 6.45) is 0. The molecule has 2 rings (SSSR count). The van der Waals surface area contributed by atoms with E-state index in [9.17, 15) is 0 Å². The number of nitrogens with one attached hydrogen (secondary N) is 1. The third kappa shape index (κ3) is 2.49. The van der Waals surface area contributed by atoms with Crippen LogP contribution in [-0.2, 0) is 6.54 Å². The fraction of sp³-hybridized carbons (Fsp3) is 0.308. The van der Waals surface area contributed by atoms with E-state index in [0.717, 1.165) is 18.8 Å². The Balaban J connectivity index is 2.25. The zero-order valence-electron chi connectivity index (χ0n) is 9.66. The van der Waals surface area contributed by atoms with Crippen molar-refractivity contribution in [2.24, 2.45) is 0 Å². The van der Waals surface area contributed by atoms with Gasteiger partial charge in [-0.2, -0.15) is 0 Å². The van der Waals surface area contributed by atoms with Crippen LogP contribution in [0.2, 0.25) is 0 Å². The third-order valence-electron chi connectivity index (χ3n) is 2.41. The predicted octanol–water partition coefficient (Wildman–Crippen LogP) is 3.23. The fourth-order valence-corrected chi connectivity index (χ4v) is 2.55. The minimum Gasteiger partial charge on any atom is -0.311 e. The Bertz CT molecular complexity index is 448. The molecule has 1 aromatic carbocycles. The van der Waals surface area contributed by atoms with Gasteiger partial charge in [0, 0.05) is 17.0 Å². The van der Waals surface area contributed by atoms with Gasteiger partial charge < -0.3 is 5.32 Å². The molecule has 3 heteroatoms. The molecule has 1 heterocycles. The second kappa shape index (κ2) is 5.23. The molecule has 0 atom stereocenters. The van der Waals surface area contributed by atoms with Crippen molar-refractivity contribution in [2.45, 2.75) is 20.4 Å². The summed E-state index contributed by atoms with van der Waals surface area (Å²) in [6, 6.07) is 10.4. The molecule has 1 aromatic heterocycles. The van der Waals surface area contributed by atoms with Gasteiger partial charge >= 0.3 is 0 Å². The predicted molar refractivity (Wildman–Crippen MR) is 69.7 cm³/mol. The van der Waals surface area contributed by atoms with Gasteiger partial charge in [0.25, 0.3) is 0 Å². The average molecular weight is 232 g/mol. The van der Waals surface area contributed by atoms with Crippen LogP contribution in [0.3, 0.4) is 0 Å². The topological polar surface area (TPSA) is 24.9 Å². The SMILES string of the molecule is CCNCc1nc(-c2ccccc2)c(C)s1. The molecule has 0 aliphatic rings. The Kier molecular flexibility index (Phi) is 3.70. The van der Waals surface area contributed by atoms with Crippen LogP contribution in [0.4, 0.5) is 0 Å². The second-order valence-corrected chi connectivity index (χ2v) is 4.95. The van der Waals surface area contributed by atoms with E-state index in [0.29, 0.717) is 0 Å². The van der Waals surface area contributed by atoms with E-state index in [1.54, 1.807) is 11.3 Å². The highest BCUT2D eigenvalue weighted by atomic mass is 32.1. The second-order valence-electron chi connectivity index (χ2n) is 3.66. The largest absolute Gasteiger partial charge is 0.311 e. The maximum Gasteiger partial charge on any atom is 0.107 e. The van der Waals surface area contributed by atoms with Gasteiger partial charge in [-0.15, -0.1) is 11.3 Å². The Morgan fingerprint density at radius 1 is 1.25 bits per heavy atom. The maximum absolute atomic E-state index is 4.67. The molecular formula is C13H16N2S. The molecule has 0 amide bonds. The molecular weight excluding hydrogens is 216 g/mol. The smallest absolute Gasteiger partial charge is 0.107 e. The van der Waals surface area contributed by atoms with Crippen LogP contribution in [0.15, 0.2) is 30.3 Å². The van der Waals surface area contributed by atoms with E-state index in [1.165, 1.54) is 15.4 Å². The average Bonchev–Trinajstić information content (AvgIpc) is 2.69. The van der Waals surface area contributed by atoms with E-state index in [1.807, 2.05) is 6.07 Å². The van der Waals surface area contributed by atoms with Crippen LogP contribution in [0, 0.1) is 6.92 Å². The van der Waals surface area contributed by atoms with Crippen molar-refractivity contribution in [1.82, 2.24) is 10.3 Å². The van der Waals surface area contributed by atoms with Gasteiger partial charge in [0.05, 0.1) is 5.69 Å². The lowest BCUT2D eigenvalue weighted by atomic mass is 10.1. The fourth-order valence-electron chi connectivity index (χ4n) is 1.62. The Labute approximate surface area is 100 Å². The quantitative estimate of drug-likeness (QED) is 0.875. The first kappa shape index (κ1) is 11.3. The van der Waals surface area contributed by atoms with Gasteiger partial charge in [-0.05, 0) is 13.5 Å². The minimum atomic E-state index is 0.870. The zero-order chi connectivity index (χ0) is 11.4. The van der Waals surface area contributed by atoms with Crippen molar-refractivity contribution in [3.63, 3.8) is 0 Å². The van der Waals surface area contributed by atoms with E-state index in [2.05, 4.69) is 48.4 Å². The molecule has 16 heavy (non-hydrogen) atoms. The Morgan fingerprint density at radius 3 is 2.69 bits per heavy atom. The number of thiazole rings is 1. The zero-order valence-corrected chi connectivity index (χ0v) is 10.5. The number of aromatic nitrogens is 1. The maximum atomic E-state index is 4.67. The summed E-state index contributed by atoms with van der Waals surface area (Å²) in [5, 5.41) is 4.47. The van der Waals surface area contributed by atoms with Gasteiger partial charge in [-0.3, -0.25) is 0 Å². The van der Waals surface area contributed by atoms with Crippen molar-refractivity contribution in [3.8, 4) is 11.3 Å². The van der Waals surface area contributed by atoms with E-state index < -0.39 is 0 Å². The van der Waals surface area contributed by atoms with Crippen molar-refractivity contribution < 1.29 is 0 Å². The number of benzene rings is 1. The number of hydrogen-bond donors (Lipinski definition) is 1. The molecule has 2 nitrogen and oxygen atoms in total. The summed E-state index contributed by atoms with van der Waals surface area (Å²) in [7, 11) is 0. The monoisotopic (exact) mass is 232 g/mol. The van der Waals surface area contributed by atoms with Gasteiger partial charge in [-0.25, -0.2) is 4.98 Å². The van der Waals surface area contributed by atoms with Crippen molar-refractivity contribution >= 4 is 11.3 Å². The number of rotatable bonds is 4. The molecule has 84 valence electrons. The molecule has 0 saturated heterocycles. The summed E-state index contributed by atoms with van der Waals surface area (Å²) in [6.45, 7) is 6.10. The van der Waals surface area contributed by atoms with Gasteiger partial charge in [0.2, 0.25) is 0 Å². The third-order valence-corrected chi connectivity index (χ3v) is 3.39. The van der Waals surface area contributed by atoms with Crippen LogP contribution in [0.25, 0.3) is 11.3 Å². The van der Waals surface area contributed by atoms with Gasteiger partial charge in [-0.1, -0.05) is 37.3 Å². The highest BCUT2D eigenvalue weighted by Gasteiger charge is 2.08. The summed E-state index contributed by atoms with van der Waals surface area (Å²) >= 11 is 1.78. The van der Waals surface area contributed by atoms with Crippen molar-refractivity contribution in [3.05, 3.63) is 40.2 Å². The summed E-state index contributed by atoms with van der Waals surface area (Å²) in [5.41, 5.74) is 2.33. The van der Waals surface area contributed by atoms with Crippen LogP contribution >= 0.6 is 11.3 Å². The van der Waals surface area contributed by atoms with Crippen LogP contribution in [0.5, 0.6) is 0 Å². The van der Waals surface area contributed by atoms with Crippen LogP contribution < -0.4 is 5.32 Å². The van der Waals surface area contributed by atoms with E-state index >= 15 is 0 Å². The van der Waals surface area contributed by atoms with E-state index in [4.69, 9.17) is 0 Å². The minimum absolute atomic E-state index is 0.870.